The SMILES string of the molecule is COc1nc(N(C)C)ncc1-n1nc2c(c1C(C)C)C(c1ccc(C)cc1)N(c1cc(Cl)cn(C)c1=O)C2=O. The maximum atomic E-state index is 14.1. The third-order valence-corrected chi connectivity index (χ3v) is 6.99. The van der Waals surface area contributed by atoms with Gasteiger partial charge in [-0.3, -0.25) is 14.5 Å². The van der Waals surface area contributed by atoms with Gasteiger partial charge in [-0.05, 0) is 24.5 Å². The van der Waals surface area contributed by atoms with Crippen molar-refractivity contribution in [3.63, 3.8) is 0 Å². The van der Waals surface area contributed by atoms with Crippen molar-refractivity contribution in [3.8, 4) is 11.6 Å². The molecule has 0 radical (unpaired) electrons. The molecule has 0 saturated carbocycles. The number of hydrogen-bond donors (Lipinski definition) is 0. The fourth-order valence-electron chi connectivity index (χ4n) is 4.97. The zero-order valence-electron chi connectivity index (χ0n) is 22.9. The number of hydrogen-bond acceptors (Lipinski definition) is 7. The zero-order valence-corrected chi connectivity index (χ0v) is 23.7. The average molecular weight is 548 g/mol. The van der Waals surface area contributed by atoms with Crippen LogP contribution in [0.1, 0.15) is 58.7 Å². The summed E-state index contributed by atoms with van der Waals surface area (Å²) in [7, 11) is 6.84. The first-order chi connectivity index (χ1) is 18.5. The van der Waals surface area contributed by atoms with Crippen LogP contribution in [0.25, 0.3) is 5.69 Å². The van der Waals surface area contributed by atoms with E-state index in [2.05, 4.69) is 9.97 Å². The Kier molecular flexibility index (Phi) is 6.67. The molecule has 3 aromatic heterocycles. The molecule has 0 spiro atoms. The van der Waals surface area contributed by atoms with Gasteiger partial charge in [0, 0.05) is 32.9 Å². The Hall–Kier alpha value is -4.18. The predicted octanol–water partition coefficient (Wildman–Crippen LogP) is 4.27. The number of fused-ring (bicyclic) bond motifs is 1. The summed E-state index contributed by atoms with van der Waals surface area (Å²) >= 11 is 6.35. The van der Waals surface area contributed by atoms with E-state index in [9.17, 15) is 9.59 Å². The molecule has 1 aliphatic rings. The second-order valence-corrected chi connectivity index (χ2v) is 10.6. The molecule has 0 fully saturated rings. The molecule has 1 aliphatic heterocycles. The van der Waals surface area contributed by atoms with E-state index in [4.69, 9.17) is 21.4 Å². The maximum absolute atomic E-state index is 14.1. The number of aryl methyl sites for hydroxylation is 2. The van der Waals surface area contributed by atoms with E-state index >= 15 is 0 Å². The van der Waals surface area contributed by atoms with E-state index in [0.29, 0.717) is 22.5 Å². The van der Waals surface area contributed by atoms with Crippen LogP contribution in [-0.4, -0.2) is 51.4 Å². The molecule has 10 nitrogen and oxygen atoms in total. The summed E-state index contributed by atoms with van der Waals surface area (Å²) in [6, 6.07) is 8.86. The van der Waals surface area contributed by atoms with Gasteiger partial charge < -0.3 is 14.2 Å². The molecule has 0 saturated heterocycles. The van der Waals surface area contributed by atoms with Gasteiger partial charge in [-0.25, -0.2) is 9.67 Å². The molecule has 39 heavy (non-hydrogen) atoms. The predicted molar refractivity (Wildman–Crippen MR) is 151 cm³/mol. The van der Waals surface area contributed by atoms with Crippen LogP contribution in [0.3, 0.4) is 0 Å². The lowest BCUT2D eigenvalue weighted by molar-refractivity contribution is 0.0988. The molecule has 0 aliphatic carbocycles. The van der Waals surface area contributed by atoms with E-state index < -0.39 is 6.04 Å². The Morgan fingerprint density at radius 3 is 2.41 bits per heavy atom. The van der Waals surface area contributed by atoms with Crippen molar-refractivity contribution in [2.75, 3.05) is 31.0 Å². The van der Waals surface area contributed by atoms with Gasteiger partial charge >= 0.3 is 0 Å². The summed E-state index contributed by atoms with van der Waals surface area (Å²) in [6.07, 6.45) is 3.17. The molecule has 1 unspecified atom stereocenters. The summed E-state index contributed by atoms with van der Waals surface area (Å²) in [5.41, 5.74) is 4.08. The first-order valence-corrected chi connectivity index (χ1v) is 12.9. The quantitative estimate of drug-likeness (QED) is 0.355. The van der Waals surface area contributed by atoms with Gasteiger partial charge in [-0.2, -0.15) is 10.1 Å². The number of benzene rings is 1. The molecule has 1 atom stereocenters. The zero-order chi connectivity index (χ0) is 28.2. The number of ether oxygens (including phenoxy) is 1. The van der Waals surface area contributed by atoms with Crippen LogP contribution in [0.2, 0.25) is 5.02 Å². The van der Waals surface area contributed by atoms with Gasteiger partial charge in [0.2, 0.25) is 11.8 Å². The average Bonchev–Trinajstić information content (AvgIpc) is 3.41. The number of aromatic nitrogens is 5. The maximum Gasteiger partial charge on any atom is 0.280 e. The standard InChI is InChI=1S/C28H30ClN7O3/c1-15(2)23-21-22(32-36(23)20-13-30-28(33(4)5)31-25(20)39-7)27(38)35(19-12-18(29)14-34(6)26(19)37)24(21)17-10-8-16(3)9-11-17/h8-15,24H,1-7H3. The molecule has 11 heteroatoms. The van der Waals surface area contributed by atoms with E-state index in [1.165, 1.54) is 28.8 Å². The highest BCUT2D eigenvalue weighted by Gasteiger charge is 2.46. The van der Waals surface area contributed by atoms with Gasteiger partial charge in [0.25, 0.3) is 11.5 Å². The molecule has 202 valence electrons. The van der Waals surface area contributed by atoms with Crippen LogP contribution in [0.15, 0.2) is 47.5 Å². The summed E-state index contributed by atoms with van der Waals surface area (Å²) in [5, 5.41) is 5.15. The van der Waals surface area contributed by atoms with Crippen molar-refractivity contribution in [2.45, 2.75) is 32.7 Å². The number of halogens is 1. The number of nitrogens with zero attached hydrogens (tertiary/aromatic N) is 7. The summed E-state index contributed by atoms with van der Waals surface area (Å²) in [5.74, 6) is 0.373. The molecule has 4 heterocycles. The monoisotopic (exact) mass is 547 g/mol. The molecule has 1 amide bonds. The van der Waals surface area contributed by atoms with Crippen LogP contribution < -0.4 is 20.1 Å². The van der Waals surface area contributed by atoms with Crippen LogP contribution in [-0.2, 0) is 7.05 Å². The number of pyridine rings is 1. The van der Waals surface area contributed by atoms with Crippen LogP contribution >= 0.6 is 11.6 Å². The van der Waals surface area contributed by atoms with Gasteiger partial charge in [-0.1, -0.05) is 55.3 Å². The number of amides is 1. The van der Waals surface area contributed by atoms with Crippen molar-refractivity contribution >= 4 is 29.1 Å². The van der Waals surface area contributed by atoms with E-state index in [1.54, 1.807) is 22.8 Å². The van der Waals surface area contributed by atoms with Crippen molar-refractivity contribution in [1.29, 1.82) is 0 Å². The van der Waals surface area contributed by atoms with E-state index in [-0.39, 0.29) is 28.8 Å². The highest BCUT2D eigenvalue weighted by molar-refractivity contribution is 6.30. The topological polar surface area (TPSA) is 98.4 Å². The summed E-state index contributed by atoms with van der Waals surface area (Å²) < 4.78 is 8.69. The number of methoxy groups -OCH3 is 1. The number of rotatable bonds is 6. The van der Waals surface area contributed by atoms with Crippen LogP contribution in [0.5, 0.6) is 5.88 Å². The molecule has 4 aromatic rings. The molecule has 5 rings (SSSR count). The lowest BCUT2D eigenvalue weighted by Crippen LogP contribution is -2.35. The smallest absolute Gasteiger partial charge is 0.280 e. The van der Waals surface area contributed by atoms with Crippen LogP contribution in [0.4, 0.5) is 11.6 Å². The lowest BCUT2D eigenvalue weighted by atomic mass is 9.94. The van der Waals surface area contributed by atoms with Crippen molar-refractivity contribution < 1.29 is 9.53 Å². The Bertz CT molecular complexity index is 1640. The van der Waals surface area contributed by atoms with E-state index in [0.717, 1.165) is 22.4 Å². The molecule has 1 aromatic carbocycles. The third-order valence-electron chi connectivity index (χ3n) is 6.79. The van der Waals surface area contributed by atoms with Crippen molar-refractivity contribution in [1.82, 2.24) is 24.3 Å². The highest BCUT2D eigenvalue weighted by atomic mass is 35.5. The Balaban J connectivity index is 1.80. The normalized spacial score (nSPS) is 14.7. The van der Waals surface area contributed by atoms with Crippen molar-refractivity contribution in [3.05, 3.63) is 86.2 Å². The second kappa shape index (κ2) is 9.85. The fourth-order valence-corrected chi connectivity index (χ4v) is 5.22. The summed E-state index contributed by atoms with van der Waals surface area (Å²) in [6.45, 7) is 6.07. The fraction of sp³-hybridized carbons (Fsp3) is 0.321. The summed E-state index contributed by atoms with van der Waals surface area (Å²) in [4.78, 5) is 39.7. The van der Waals surface area contributed by atoms with Gasteiger partial charge in [0.15, 0.2) is 5.69 Å². The molecular formula is C28H30ClN7O3. The second-order valence-electron chi connectivity index (χ2n) is 10.1. The minimum Gasteiger partial charge on any atom is -0.479 e. The number of carbonyl (C=O) groups excluding carboxylic acids is 1. The molecule has 0 N–H and O–H groups in total. The molecule has 0 bridgehead atoms. The first kappa shape index (κ1) is 26.4. The third kappa shape index (κ3) is 4.34. The van der Waals surface area contributed by atoms with Gasteiger partial charge in [-0.15, -0.1) is 0 Å². The van der Waals surface area contributed by atoms with Gasteiger partial charge in [0.05, 0.1) is 30.1 Å². The molecular weight excluding hydrogens is 518 g/mol. The Labute approximate surface area is 231 Å². The number of anilines is 2. The minimum absolute atomic E-state index is 0.0534. The highest BCUT2D eigenvalue weighted by Crippen LogP contribution is 2.45. The van der Waals surface area contributed by atoms with Crippen molar-refractivity contribution in [2.24, 2.45) is 7.05 Å². The number of carbonyl (C=O) groups is 1. The first-order valence-electron chi connectivity index (χ1n) is 12.5. The Morgan fingerprint density at radius 1 is 1.10 bits per heavy atom. The van der Waals surface area contributed by atoms with Crippen LogP contribution in [0, 0.1) is 6.92 Å². The van der Waals surface area contributed by atoms with E-state index in [1.807, 2.05) is 59.1 Å². The Morgan fingerprint density at radius 2 is 1.79 bits per heavy atom. The van der Waals surface area contributed by atoms with Gasteiger partial charge in [0.1, 0.15) is 11.4 Å². The lowest BCUT2D eigenvalue weighted by Gasteiger charge is -2.27. The largest absolute Gasteiger partial charge is 0.479 e. The minimum atomic E-state index is -0.599.